The Hall–Kier alpha value is -2.52. The third kappa shape index (κ3) is 6.23. The summed E-state index contributed by atoms with van der Waals surface area (Å²) in [6.45, 7) is 8.65. The molecule has 0 bridgehead atoms. The van der Waals surface area contributed by atoms with Crippen LogP contribution in [-0.4, -0.2) is 12.7 Å². The Bertz CT molecular complexity index is 887. The molecule has 29 heavy (non-hydrogen) atoms. The minimum atomic E-state index is 0.195. The van der Waals surface area contributed by atoms with E-state index in [2.05, 4.69) is 60.8 Å². The number of fused-ring (bicyclic) bond motifs is 1. The van der Waals surface area contributed by atoms with Crippen LogP contribution in [0.1, 0.15) is 51.2 Å². The summed E-state index contributed by atoms with van der Waals surface area (Å²) in [7, 11) is 0. The third-order valence-corrected chi connectivity index (χ3v) is 4.93. The molecule has 0 unspecified atom stereocenters. The number of hydrogen-bond donors (Lipinski definition) is 1. The van der Waals surface area contributed by atoms with Crippen LogP contribution < -0.4 is 14.8 Å². The summed E-state index contributed by atoms with van der Waals surface area (Å²) in [5, 5.41) is 6.10. The molecule has 0 aliphatic rings. The zero-order chi connectivity index (χ0) is 20.5. The Labute approximate surface area is 175 Å². The van der Waals surface area contributed by atoms with Crippen molar-refractivity contribution in [1.29, 1.82) is 0 Å². The molecular formula is C26H33NO2. The minimum Gasteiger partial charge on any atom is -0.493 e. The number of unbranched alkanes of at least 4 members (excludes halogenated alkanes) is 2. The molecular weight excluding hydrogens is 358 g/mol. The summed E-state index contributed by atoms with van der Waals surface area (Å²) in [6.07, 6.45) is 3.70. The van der Waals surface area contributed by atoms with Gasteiger partial charge in [-0.3, -0.25) is 0 Å². The topological polar surface area (TPSA) is 30.5 Å². The third-order valence-electron chi connectivity index (χ3n) is 4.93. The standard InChI is InChI=1S/C26H33NO2/c1-4-5-8-17-28-26-16-13-22-9-6-7-10-24(22)25(26)19-27-18-21-11-14-23(15-12-21)29-20(2)3/h6-7,9-16,20,27H,4-5,8,17-19H2,1-3H3. The Kier molecular flexibility index (Phi) is 7.94. The van der Waals surface area contributed by atoms with Crippen LogP contribution in [0.25, 0.3) is 10.8 Å². The van der Waals surface area contributed by atoms with Gasteiger partial charge in [-0.15, -0.1) is 0 Å². The predicted octanol–water partition coefficient (Wildman–Crippen LogP) is 6.49. The molecule has 0 fully saturated rings. The van der Waals surface area contributed by atoms with E-state index < -0.39 is 0 Å². The van der Waals surface area contributed by atoms with Crippen molar-refractivity contribution in [3.63, 3.8) is 0 Å². The first-order valence-corrected chi connectivity index (χ1v) is 10.8. The van der Waals surface area contributed by atoms with Gasteiger partial charge in [-0.2, -0.15) is 0 Å². The molecule has 3 aromatic rings. The fraction of sp³-hybridized carbons (Fsp3) is 0.385. The van der Waals surface area contributed by atoms with Gasteiger partial charge in [0.05, 0.1) is 12.7 Å². The van der Waals surface area contributed by atoms with Crippen molar-refractivity contribution in [1.82, 2.24) is 5.32 Å². The van der Waals surface area contributed by atoms with Crippen LogP contribution in [0.15, 0.2) is 60.7 Å². The van der Waals surface area contributed by atoms with Gasteiger partial charge in [-0.25, -0.2) is 0 Å². The second kappa shape index (κ2) is 10.9. The van der Waals surface area contributed by atoms with Gasteiger partial charge in [-0.1, -0.05) is 62.2 Å². The van der Waals surface area contributed by atoms with Crippen molar-refractivity contribution < 1.29 is 9.47 Å². The van der Waals surface area contributed by atoms with Crippen LogP contribution in [-0.2, 0) is 13.1 Å². The molecule has 0 spiro atoms. The second-order valence-electron chi connectivity index (χ2n) is 7.73. The monoisotopic (exact) mass is 391 g/mol. The first kappa shape index (κ1) is 21.2. The first-order valence-electron chi connectivity index (χ1n) is 10.8. The minimum absolute atomic E-state index is 0.195. The molecule has 0 heterocycles. The normalized spacial score (nSPS) is 11.2. The van der Waals surface area contributed by atoms with E-state index >= 15 is 0 Å². The lowest BCUT2D eigenvalue weighted by atomic mass is 10.0. The highest BCUT2D eigenvalue weighted by Gasteiger charge is 2.09. The molecule has 0 aliphatic carbocycles. The zero-order valence-electron chi connectivity index (χ0n) is 17.9. The molecule has 154 valence electrons. The fourth-order valence-corrected chi connectivity index (χ4v) is 3.46. The Morgan fingerprint density at radius 2 is 1.66 bits per heavy atom. The molecule has 3 heteroatoms. The molecule has 3 rings (SSSR count). The largest absolute Gasteiger partial charge is 0.493 e. The van der Waals surface area contributed by atoms with E-state index in [1.165, 1.54) is 34.7 Å². The summed E-state index contributed by atoms with van der Waals surface area (Å²) in [5.41, 5.74) is 2.48. The summed E-state index contributed by atoms with van der Waals surface area (Å²) in [6, 6.07) is 21.1. The zero-order valence-corrected chi connectivity index (χ0v) is 17.9. The lowest BCUT2D eigenvalue weighted by Crippen LogP contribution is -2.14. The van der Waals surface area contributed by atoms with Crippen molar-refractivity contribution in [3.05, 3.63) is 71.8 Å². The van der Waals surface area contributed by atoms with Gasteiger partial charge in [0.2, 0.25) is 0 Å². The summed E-state index contributed by atoms with van der Waals surface area (Å²) in [5.74, 6) is 1.91. The molecule has 0 radical (unpaired) electrons. The molecule has 3 aromatic carbocycles. The lowest BCUT2D eigenvalue weighted by Gasteiger charge is -2.15. The number of hydrogen-bond acceptors (Lipinski definition) is 3. The van der Waals surface area contributed by atoms with Crippen LogP contribution in [0, 0.1) is 0 Å². The molecule has 0 atom stereocenters. The molecule has 0 saturated carbocycles. The second-order valence-corrected chi connectivity index (χ2v) is 7.73. The van der Waals surface area contributed by atoms with E-state index in [1.54, 1.807) is 0 Å². The average Bonchev–Trinajstić information content (AvgIpc) is 2.73. The first-order chi connectivity index (χ1) is 14.2. The van der Waals surface area contributed by atoms with Crippen molar-refractivity contribution in [2.45, 2.75) is 59.2 Å². The van der Waals surface area contributed by atoms with E-state index in [1.807, 2.05) is 26.0 Å². The van der Waals surface area contributed by atoms with Gasteiger partial charge in [0, 0.05) is 18.7 Å². The van der Waals surface area contributed by atoms with Crippen LogP contribution in [0.2, 0.25) is 0 Å². The van der Waals surface area contributed by atoms with Gasteiger partial charge < -0.3 is 14.8 Å². The summed E-state index contributed by atoms with van der Waals surface area (Å²) < 4.78 is 11.9. The predicted molar refractivity (Wildman–Crippen MR) is 122 cm³/mol. The van der Waals surface area contributed by atoms with Crippen LogP contribution in [0.4, 0.5) is 0 Å². The van der Waals surface area contributed by atoms with E-state index in [9.17, 15) is 0 Å². The van der Waals surface area contributed by atoms with Crippen molar-refractivity contribution in [2.75, 3.05) is 6.61 Å². The number of benzene rings is 3. The molecule has 0 amide bonds. The van der Waals surface area contributed by atoms with Crippen LogP contribution in [0.5, 0.6) is 11.5 Å². The SMILES string of the molecule is CCCCCOc1ccc2ccccc2c1CNCc1ccc(OC(C)C)cc1. The highest BCUT2D eigenvalue weighted by atomic mass is 16.5. The van der Waals surface area contributed by atoms with Crippen molar-refractivity contribution >= 4 is 10.8 Å². The number of ether oxygens (including phenoxy) is 2. The van der Waals surface area contributed by atoms with E-state index in [-0.39, 0.29) is 6.10 Å². The fourth-order valence-electron chi connectivity index (χ4n) is 3.46. The van der Waals surface area contributed by atoms with Gasteiger partial charge in [0.25, 0.3) is 0 Å². The van der Waals surface area contributed by atoms with Gasteiger partial charge in [-0.05, 0) is 54.8 Å². The maximum atomic E-state index is 6.15. The molecule has 0 aliphatic heterocycles. The van der Waals surface area contributed by atoms with Crippen molar-refractivity contribution in [3.8, 4) is 11.5 Å². The van der Waals surface area contributed by atoms with E-state index in [0.717, 1.165) is 37.6 Å². The van der Waals surface area contributed by atoms with E-state index in [0.29, 0.717) is 0 Å². The van der Waals surface area contributed by atoms with Gasteiger partial charge >= 0.3 is 0 Å². The average molecular weight is 392 g/mol. The maximum absolute atomic E-state index is 6.15. The quantitative estimate of drug-likeness (QED) is 0.379. The number of rotatable bonds is 11. The lowest BCUT2D eigenvalue weighted by molar-refractivity contribution is 0.242. The van der Waals surface area contributed by atoms with Crippen LogP contribution >= 0.6 is 0 Å². The molecule has 3 nitrogen and oxygen atoms in total. The smallest absolute Gasteiger partial charge is 0.124 e. The number of nitrogens with one attached hydrogen (secondary N) is 1. The maximum Gasteiger partial charge on any atom is 0.124 e. The van der Waals surface area contributed by atoms with Gasteiger partial charge in [0.1, 0.15) is 11.5 Å². The van der Waals surface area contributed by atoms with Crippen molar-refractivity contribution in [2.24, 2.45) is 0 Å². The Balaban J connectivity index is 1.67. The molecule has 0 saturated heterocycles. The van der Waals surface area contributed by atoms with Gasteiger partial charge in [0.15, 0.2) is 0 Å². The Morgan fingerprint density at radius 1 is 0.862 bits per heavy atom. The summed E-state index contributed by atoms with van der Waals surface area (Å²) in [4.78, 5) is 0. The summed E-state index contributed by atoms with van der Waals surface area (Å²) >= 11 is 0. The van der Waals surface area contributed by atoms with Crippen LogP contribution in [0.3, 0.4) is 0 Å². The Morgan fingerprint density at radius 3 is 2.41 bits per heavy atom. The molecule has 0 aromatic heterocycles. The molecule has 1 N–H and O–H groups in total. The van der Waals surface area contributed by atoms with E-state index in [4.69, 9.17) is 9.47 Å². The highest BCUT2D eigenvalue weighted by molar-refractivity contribution is 5.87. The highest BCUT2D eigenvalue weighted by Crippen LogP contribution is 2.28.